The summed E-state index contributed by atoms with van der Waals surface area (Å²) < 4.78 is 18.6. The third kappa shape index (κ3) is 1.45. The van der Waals surface area contributed by atoms with Crippen molar-refractivity contribution in [1.82, 2.24) is 0 Å². The van der Waals surface area contributed by atoms with Gasteiger partial charge >= 0.3 is 0 Å². The van der Waals surface area contributed by atoms with E-state index in [0.717, 1.165) is 30.9 Å². The van der Waals surface area contributed by atoms with E-state index in [1.54, 1.807) is 19.2 Å². The summed E-state index contributed by atoms with van der Waals surface area (Å²) in [6, 6.07) is 5.34. The molecule has 2 heterocycles. The first-order valence-electron chi connectivity index (χ1n) is 5.61. The molecule has 0 aliphatic carbocycles. The Morgan fingerprint density at radius 1 is 1.50 bits per heavy atom. The number of hydrogen-bond acceptors (Lipinski definition) is 3. The van der Waals surface area contributed by atoms with Crippen LogP contribution in [0.2, 0.25) is 0 Å². The molecule has 0 aromatic heterocycles. The lowest BCUT2D eigenvalue weighted by atomic mass is 10.1. The Morgan fingerprint density at radius 3 is 3.19 bits per heavy atom. The number of nitrogens with one attached hydrogen (secondary N) is 1. The molecule has 1 N–H and O–H groups in total. The molecular weight excluding hydrogens is 207 g/mol. The first kappa shape index (κ1) is 9.90. The lowest BCUT2D eigenvalue weighted by molar-refractivity contribution is 0.118. The summed E-state index contributed by atoms with van der Waals surface area (Å²) in [7, 11) is 1.74. The maximum absolute atomic E-state index is 13.2. The van der Waals surface area contributed by atoms with Crippen LogP contribution in [-0.4, -0.2) is 32.3 Å². The molecule has 2 atom stereocenters. The Hall–Kier alpha value is -1.29. The quantitative estimate of drug-likeness (QED) is 0.784. The Labute approximate surface area is 94.2 Å². The van der Waals surface area contributed by atoms with E-state index < -0.39 is 0 Å². The fraction of sp³-hybridized carbons (Fsp3) is 0.500. The average molecular weight is 222 g/mol. The van der Waals surface area contributed by atoms with E-state index in [2.05, 4.69) is 10.2 Å². The van der Waals surface area contributed by atoms with Crippen LogP contribution in [0.3, 0.4) is 0 Å². The van der Waals surface area contributed by atoms with Gasteiger partial charge in [-0.2, -0.15) is 0 Å². The van der Waals surface area contributed by atoms with E-state index in [1.165, 1.54) is 6.07 Å². The van der Waals surface area contributed by atoms with Gasteiger partial charge in [0.05, 0.1) is 17.5 Å². The van der Waals surface area contributed by atoms with Crippen LogP contribution in [-0.2, 0) is 4.74 Å². The fourth-order valence-electron chi connectivity index (χ4n) is 2.65. The predicted octanol–water partition coefficient (Wildman–Crippen LogP) is 1.84. The van der Waals surface area contributed by atoms with E-state index in [0.29, 0.717) is 6.04 Å². The topological polar surface area (TPSA) is 24.5 Å². The van der Waals surface area contributed by atoms with Gasteiger partial charge in [-0.1, -0.05) is 0 Å². The van der Waals surface area contributed by atoms with E-state index in [-0.39, 0.29) is 11.9 Å². The molecule has 16 heavy (non-hydrogen) atoms. The SMILES string of the molecule is COC1CC2CNc3ccc(F)cc3N2C1. The highest BCUT2D eigenvalue weighted by atomic mass is 19.1. The molecule has 0 spiro atoms. The Bertz CT molecular complexity index is 410. The molecule has 2 unspecified atom stereocenters. The summed E-state index contributed by atoms with van der Waals surface area (Å²) in [4.78, 5) is 2.25. The Balaban J connectivity index is 1.96. The van der Waals surface area contributed by atoms with Crippen LogP contribution in [0.25, 0.3) is 0 Å². The third-order valence-electron chi connectivity index (χ3n) is 3.51. The molecule has 1 saturated heterocycles. The van der Waals surface area contributed by atoms with Crippen LogP contribution in [0.1, 0.15) is 6.42 Å². The summed E-state index contributed by atoms with van der Waals surface area (Å²) >= 11 is 0. The molecule has 3 nitrogen and oxygen atoms in total. The molecule has 2 aliphatic heterocycles. The van der Waals surface area contributed by atoms with E-state index in [4.69, 9.17) is 4.74 Å². The second-order valence-electron chi connectivity index (χ2n) is 4.44. The Kier molecular flexibility index (Phi) is 2.24. The number of halogens is 1. The molecule has 0 amide bonds. The van der Waals surface area contributed by atoms with Gasteiger partial charge < -0.3 is 15.0 Å². The molecule has 0 bridgehead atoms. The first-order valence-corrected chi connectivity index (χ1v) is 5.61. The second-order valence-corrected chi connectivity index (χ2v) is 4.44. The number of rotatable bonds is 1. The Morgan fingerprint density at radius 2 is 2.38 bits per heavy atom. The molecule has 2 aliphatic rings. The number of benzene rings is 1. The minimum Gasteiger partial charge on any atom is -0.381 e. The first-order chi connectivity index (χ1) is 7.78. The lowest BCUT2D eigenvalue weighted by Crippen LogP contribution is -2.39. The van der Waals surface area contributed by atoms with Gasteiger partial charge in [-0.3, -0.25) is 0 Å². The highest BCUT2D eigenvalue weighted by molar-refractivity contribution is 5.73. The minimum atomic E-state index is -0.179. The molecule has 4 heteroatoms. The minimum absolute atomic E-state index is 0.179. The van der Waals surface area contributed by atoms with Crippen molar-refractivity contribution in [3.8, 4) is 0 Å². The van der Waals surface area contributed by atoms with Crippen molar-refractivity contribution in [2.24, 2.45) is 0 Å². The predicted molar refractivity (Wildman–Crippen MR) is 61.4 cm³/mol. The normalized spacial score (nSPS) is 27.2. The molecule has 1 aromatic rings. The number of nitrogens with zero attached hydrogens (tertiary/aromatic N) is 1. The van der Waals surface area contributed by atoms with Crippen molar-refractivity contribution in [2.75, 3.05) is 30.4 Å². The zero-order valence-electron chi connectivity index (χ0n) is 9.24. The van der Waals surface area contributed by atoms with Gasteiger partial charge in [-0.15, -0.1) is 0 Å². The van der Waals surface area contributed by atoms with Crippen molar-refractivity contribution in [2.45, 2.75) is 18.6 Å². The molecule has 3 rings (SSSR count). The standard InChI is InChI=1S/C12H15FN2O/c1-16-10-5-9-6-14-11-3-2-8(13)4-12(11)15(9)7-10/h2-4,9-10,14H,5-7H2,1H3. The fourth-order valence-corrected chi connectivity index (χ4v) is 2.65. The van der Waals surface area contributed by atoms with Gasteiger partial charge in [0.2, 0.25) is 0 Å². The third-order valence-corrected chi connectivity index (χ3v) is 3.51. The van der Waals surface area contributed by atoms with Crippen LogP contribution in [0.5, 0.6) is 0 Å². The highest BCUT2D eigenvalue weighted by Crippen LogP contribution is 2.36. The van der Waals surface area contributed by atoms with Gasteiger partial charge in [0.1, 0.15) is 5.82 Å². The van der Waals surface area contributed by atoms with Gasteiger partial charge in [0, 0.05) is 26.2 Å². The van der Waals surface area contributed by atoms with Crippen molar-refractivity contribution in [1.29, 1.82) is 0 Å². The molecule has 86 valence electrons. The number of ether oxygens (including phenoxy) is 1. The number of methoxy groups -OCH3 is 1. The summed E-state index contributed by atoms with van der Waals surface area (Å²) in [5, 5.41) is 3.34. The molecule has 1 aromatic carbocycles. The summed E-state index contributed by atoms with van der Waals surface area (Å²) in [5.74, 6) is -0.179. The van der Waals surface area contributed by atoms with Gasteiger partial charge in [-0.25, -0.2) is 4.39 Å². The maximum atomic E-state index is 13.2. The van der Waals surface area contributed by atoms with Crippen molar-refractivity contribution >= 4 is 11.4 Å². The largest absolute Gasteiger partial charge is 0.381 e. The van der Waals surface area contributed by atoms with Gasteiger partial charge in [-0.05, 0) is 24.6 Å². The van der Waals surface area contributed by atoms with Crippen molar-refractivity contribution < 1.29 is 9.13 Å². The number of anilines is 2. The van der Waals surface area contributed by atoms with Crippen LogP contribution in [0, 0.1) is 5.82 Å². The molecule has 0 saturated carbocycles. The monoisotopic (exact) mass is 222 g/mol. The van der Waals surface area contributed by atoms with Crippen LogP contribution in [0.4, 0.5) is 15.8 Å². The smallest absolute Gasteiger partial charge is 0.125 e. The zero-order valence-corrected chi connectivity index (χ0v) is 9.24. The number of hydrogen-bond donors (Lipinski definition) is 1. The van der Waals surface area contributed by atoms with Gasteiger partial charge in [0.25, 0.3) is 0 Å². The van der Waals surface area contributed by atoms with Crippen molar-refractivity contribution in [3.63, 3.8) is 0 Å². The summed E-state index contributed by atoms with van der Waals surface area (Å²) in [6.45, 7) is 1.78. The van der Waals surface area contributed by atoms with Crippen molar-refractivity contribution in [3.05, 3.63) is 24.0 Å². The number of fused-ring (bicyclic) bond motifs is 3. The second kappa shape index (κ2) is 3.63. The highest BCUT2D eigenvalue weighted by Gasteiger charge is 2.35. The lowest BCUT2D eigenvalue weighted by Gasteiger charge is -2.34. The average Bonchev–Trinajstić information content (AvgIpc) is 2.72. The molecular formula is C12H15FN2O. The molecule has 0 radical (unpaired) electrons. The zero-order chi connectivity index (χ0) is 11.1. The van der Waals surface area contributed by atoms with Crippen LogP contribution in [0.15, 0.2) is 18.2 Å². The molecule has 1 fully saturated rings. The van der Waals surface area contributed by atoms with E-state index in [9.17, 15) is 4.39 Å². The van der Waals surface area contributed by atoms with Crippen LogP contribution >= 0.6 is 0 Å². The van der Waals surface area contributed by atoms with E-state index in [1.807, 2.05) is 0 Å². The van der Waals surface area contributed by atoms with Gasteiger partial charge in [0.15, 0.2) is 0 Å². The van der Waals surface area contributed by atoms with E-state index >= 15 is 0 Å². The summed E-state index contributed by atoms with van der Waals surface area (Å²) in [5.41, 5.74) is 1.99. The maximum Gasteiger partial charge on any atom is 0.125 e. The summed E-state index contributed by atoms with van der Waals surface area (Å²) in [6.07, 6.45) is 1.28. The van der Waals surface area contributed by atoms with Crippen LogP contribution < -0.4 is 10.2 Å².